The van der Waals surface area contributed by atoms with Crippen LogP contribution in [0.1, 0.15) is 28.0 Å². The van der Waals surface area contributed by atoms with E-state index in [1.54, 1.807) is 22.2 Å². The third kappa shape index (κ3) is 2.63. The minimum absolute atomic E-state index is 0.0731. The molecule has 0 radical (unpaired) electrons. The van der Waals surface area contributed by atoms with Crippen LogP contribution in [0.3, 0.4) is 0 Å². The zero-order valence-corrected chi connectivity index (χ0v) is 14.8. The highest BCUT2D eigenvalue weighted by Crippen LogP contribution is 2.34. The lowest BCUT2D eigenvalue weighted by Gasteiger charge is -2.11. The molecule has 1 aliphatic carbocycles. The van der Waals surface area contributed by atoms with Gasteiger partial charge in [0.1, 0.15) is 17.2 Å². The molecule has 0 atom stereocenters. The lowest BCUT2D eigenvalue weighted by molar-refractivity contribution is 0.294. The maximum atomic E-state index is 12.8. The molecule has 24 heavy (non-hydrogen) atoms. The van der Waals surface area contributed by atoms with Crippen LogP contribution in [0.2, 0.25) is 0 Å². The number of aromatic nitrogens is 2. The van der Waals surface area contributed by atoms with Gasteiger partial charge < -0.3 is 4.74 Å². The zero-order valence-electron chi connectivity index (χ0n) is 14.0. The van der Waals surface area contributed by atoms with Gasteiger partial charge >= 0.3 is 0 Å². The maximum absolute atomic E-state index is 12.8. The fourth-order valence-electron chi connectivity index (χ4n) is 3.30. The number of thiophene rings is 1. The van der Waals surface area contributed by atoms with Gasteiger partial charge in [0.05, 0.1) is 18.3 Å². The number of nitrogens with zero attached hydrogens (tertiary/aromatic N) is 2. The Kier molecular flexibility index (Phi) is 3.88. The Morgan fingerprint density at radius 2 is 2.17 bits per heavy atom. The van der Waals surface area contributed by atoms with E-state index in [-0.39, 0.29) is 5.56 Å². The first-order valence-corrected chi connectivity index (χ1v) is 9.15. The lowest BCUT2D eigenvalue weighted by atomic mass is 10.1. The van der Waals surface area contributed by atoms with E-state index in [4.69, 9.17) is 4.74 Å². The zero-order chi connectivity index (χ0) is 16.7. The number of rotatable bonds is 4. The van der Waals surface area contributed by atoms with Crippen molar-refractivity contribution in [3.63, 3.8) is 0 Å². The molecule has 2 aromatic heterocycles. The summed E-state index contributed by atoms with van der Waals surface area (Å²) in [5.41, 5.74) is 3.59. The van der Waals surface area contributed by atoms with Crippen molar-refractivity contribution in [3.8, 4) is 5.75 Å². The summed E-state index contributed by atoms with van der Waals surface area (Å²) in [6.45, 7) is 5.05. The minimum Gasteiger partial charge on any atom is -0.491 e. The Balaban J connectivity index is 1.56. The van der Waals surface area contributed by atoms with Crippen LogP contribution in [0.15, 0.2) is 29.3 Å². The van der Waals surface area contributed by atoms with Gasteiger partial charge in [-0.1, -0.05) is 12.1 Å². The first-order chi connectivity index (χ1) is 11.6. The van der Waals surface area contributed by atoms with Crippen molar-refractivity contribution in [1.82, 2.24) is 9.55 Å². The van der Waals surface area contributed by atoms with Crippen LogP contribution in [0.5, 0.6) is 5.75 Å². The molecule has 0 fully saturated rings. The van der Waals surface area contributed by atoms with Crippen LogP contribution in [-0.2, 0) is 19.4 Å². The predicted molar refractivity (Wildman–Crippen MR) is 97.3 cm³/mol. The third-order valence-corrected chi connectivity index (χ3v) is 5.83. The molecule has 0 aliphatic heterocycles. The highest BCUT2D eigenvalue weighted by atomic mass is 32.1. The second-order valence-corrected chi connectivity index (χ2v) is 7.48. The molecule has 4 nitrogen and oxygen atoms in total. The van der Waals surface area contributed by atoms with Gasteiger partial charge in [-0.05, 0) is 55.9 Å². The Morgan fingerprint density at radius 3 is 3.04 bits per heavy atom. The van der Waals surface area contributed by atoms with Crippen molar-refractivity contribution in [2.45, 2.75) is 39.7 Å². The second kappa shape index (κ2) is 6.06. The van der Waals surface area contributed by atoms with Gasteiger partial charge in [0.25, 0.3) is 5.56 Å². The molecule has 3 aromatic rings. The third-order valence-electron chi connectivity index (χ3n) is 4.63. The first kappa shape index (κ1) is 15.4. The van der Waals surface area contributed by atoms with Crippen molar-refractivity contribution >= 4 is 21.6 Å². The van der Waals surface area contributed by atoms with E-state index in [1.165, 1.54) is 16.0 Å². The Hall–Kier alpha value is -2.14. The molecule has 0 saturated carbocycles. The summed E-state index contributed by atoms with van der Waals surface area (Å²) in [5, 5.41) is 0.835. The van der Waals surface area contributed by atoms with E-state index in [0.717, 1.165) is 40.8 Å². The molecule has 0 spiro atoms. The summed E-state index contributed by atoms with van der Waals surface area (Å²) in [6, 6.07) is 6.16. The van der Waals surface area contributed by atoms with Gasteiger partial charge in [0.15, 0.2) is 0 Å². The van der Waals surface area contributed by atoms with Gasteiger partial charge in [-0.15, -0.1) is 11.3 Å². The molecule has 4 rings (SSSR count). The molecule has 5 heteroatoms. The van der Waals surface area contributed by atoms with Gasteiger partial charge in [-0.2, -0.15) is 0 Å². The van der Waals surface area contributed by atoms with Crippen molar-refractivity contribution in [2.24, 2.45) is 0 Å². The Morgan fingerprint density at radius 1 is 1.29 bits per heavy atom. The van der Waals surface area contributed by atoms with Crippen LogP contribution in [-0.4, -0.2) is 16.2 Å². The fourth-order valence-corrected chi connectivity index (χ4v) is 4.52. The van der Waals surface area contributed by atoms with Crippen molar-refractivity contribution in [1.29, 1.82) is 0 Å². The Labute approximate surface area is 144 Å². The van der Waals surface area contributed by atoms with E-state index in [9.17, 15) is 4.79 Å². The Bertz CT molecular complexity index is 971. The van der Waals surface area contributed by atoms with E-state index >= 15 is 0 Å². The minimum atomic E-state index is 0.0731. The predicted octanol–water partition coefficient (Wildman–Crippen LogP) is 3.64. The summed E-state index contributed by atoms with van der Waals surface area (Å²) in [5.74, 6) is 0.883. The summed E-state index contributed by atoms with van der Waals surface area (Å²) in [6.07, 6.45) is 4.91. The molecular formula is C19H20N2O2S. The summed E-state index contributed by atoms with van der Waals surface area (Å²) < 4.78 is 7.56. The number of fused-ring (bicyclic) bond motifs is 3. The van der Waals surface area contributed by atoms with Crippen LogP contribution in [0.25, 0.3) is 10.2 Å². The number of ether oxygens (including phenoxy) is 1. The first-order valence-electron chi connectivity index (χ1n) is 8.33. The number of benzene rings is 1. The molecule has 1 aromatic carbocycles. The normalized spacial score (nSPS) is 13.4. The highest BCUT2D eigenvalue weighted by Gasteiger charge is 2.21. The van der Waals surface area contributed by atoms with Gasteiger partial charge in [-0.25, -0.2) is 4.98 Å². The summed E-state index contributed by atoms with van der Waals surface area (Å²) in [7, 11) is 0. The van der Waals surface area contributed by atoms with E-state index in [2.05, 4.69) is 17.1 Å². The second-order valence-electron chi connectivity index (χ2n) is 6.40. The van der Waals surface area contributed by atoms with E-state index < -0.39 is 0 Å². The van der Waals surface area contributed by atoms with Crippen LogP contribution in [0, 0.1) is 13.8 Å². The van der Waals surface area contributed by atoms with Gasteiger partial charge in [0, 0.05) is 4.88 Å². The maximum Gasteiger partial charge on any atom is 0.262 e. The van der Waals surface area contributed by atoms with Crippen LogP contribution >= 0.6 is 11.3 Å². The SMILES string of the molecule is Cc1ccc(C)c(OCCn2cnc3sc4c(c3c2=O)CCC4)c1. The largest absolute Gasteiger partial charge is 0.491 e. The standard InChI is InChI=1S/C19H20N2O2S/c1-12-6-7-13(2)15(10-12)23-9-8-21-11-20-18-17(19(21)22)14-4-3-5-16(14)24-18/h6-7,10-11H,3-5,8-9H2,1-2H3. The molecule has 124 valence electrons. The molecule has 0 bridgehead atoms. The monoisotopic (exact) mass is 340 g/mol. The van der Waals surface area contributed by atoms with E-state index in [1.807, 2.05) is 19.9 Å². The smallest absolute Gasteiger partial charge is 0.262 e. The average molecular weight is 340 g/mol. The summed E-state index contributed by atoms with van der Waals surface area (Å²) in [4.78, 5) is 19.5. The lowest BCUT2D eigenvalue weighted by Crippen LogP contribution is -2.23. The highest BCUT2D eigenvalue weighted by molar-refractivity contribution is 7.18. The molecule has 0 saturated heterocycles. The number of hydrogen-bond donors (Lipinski definition) is 0. The number of hydrogen-bond acceptors (Lipinski definition) is 4. The quantitative estimate of drug-likeness (QED) is 0.728. The molecule has 0 unspecified atom stereocenters. The molecule has 2 heterocycles. The van der Waals surface area contributed by atoms with Gasteiger partial charge in [0.2, 0.25) is 0 Å². The number of aryl methyl sites for hydroxylation is 4. The molecule has 1 aliphatic rings. The average Bonchev–Trinajstić information content (AvgIpc) is 3.13. The topological polar surface area (TPSA) is 44.1 Å². The van der Waals surface area contributed by atoms with Crippen molar-refractivity contribution in [3.05, 3.63) is 56.4 Å². The summed E-state index contributed by atoms with van der Waals surface area (Å²) >= 11 is 1.68. The van der Waals surface area contributed by atoms with Crippen LogP contribution < -0.4 is 10.3 Å². The molecule has 0 amide bonds. The molecule has 0 N–H and O–H groups in total. The van der Waals surface area contributed by atoms with Crippen LogP contribution in [0.4, 0.5) is 0 Å². The fraction of sp³-hybridized carbons (Fsp3) is 0.368. The van der Waals surface area contributed by atoms with Crippen molar-refractivity contribution < 1.29 is 4.74 Å². The molecular weight excluding hydrogens is 320 g/mol. The van der Waals surface area contributed by atoms with E-state index in [0.29, 0.717) is 13.2 Å². The van der Waals surface area contributed by atoms with Gasteiger partial charge in [-0.3, -0.25) is 9.36 Å². The van der Waals surface area contributed by atoms with Crippen molar-refractivity contribution in [2.75, 3.05) is 6.61 Å².